The average Bonchev–Trinajstić information content (AvgIpc) is 2.99. The molecule has 20 heavy (non-hydrogen) atoms. The molecule has 2 rings (SSSR count). The van der Waals surface area contributed by atoms with Crippen LogP contribution in [0.1, 0.15) is 28.9 Å². The van der Waals surface area contributed by atoms with E-state index >= 15 is 0 Å². The first-order valence-electron chi connectivity index (χ1n) is 6.20. The summed E-state index contributed by atoms with van der Waals surface area (Å²) >= 11 is 1.49. The number of rotatable bonds is 5. The lowest BCUT2D eigenvalue weighted by molar-refractivity contribution is 0.0944. The molecule has 102 valence electrons. The van der Waals surface area contributed by atoms with Gasteiger partial charge in [0, 0.05) is 5.56 Å². The minimum absolute atomic E-state index is 0.288. The lowest BCUT2D eigenvalue weighted by atomic mass is 10.1. The first-order chi connectivity index (χ1) is 9.74. The highest BCUT2D eigenvalue weighted by Crippen LogP contribution is 2.18. The second-order valence-electron chi connectivity index (χ2n) is 4.05. The molecule has 0 spiro atoms. The number of ether oxygens (including phenoxy) is 1. The maximum absolute atomic E-state index is 12.2. The third-order valence-corrected chi connectivity index (χ3v) is 3.39. The van der Waals surface area contributed by atoms with Crippen LogP contribution in [0.25, 0.3) is 0 Å². The third-order valence-electron chi connectivity index (χ3n) is 2.69. The van der Waals surface area contributed by atoms with Crippen LogP contribution in [0.4, 0.5) is 0 Å². The fourth-order valence-electron chi connectivity index (χ4n) is 1.74. The maximum atomic E-state index is 12.2. The largest absolute Gasteiger partial charge is 0.494 e. The Morgan fingerprint density at radius 2 is 2.35 bits per heavy atom. The summed E-state index contributed by atoms with van der Waals surface area (Å²) < 4.78 is 5.36. The Bertz CT molecular complexity index is 617. The van der Waals surface area contributed by atoms with Gasteiger partial charge in [0.25, 0.3) is 5.91 Å². The first-order valence-corrected chi connectivity index (χ1v) is 7.14. The quantitative estimate of drug-likeness (QED) is 0.918. The van der Waals surface area contributed by atoms with Gasteiger partial charge in [-0.1, -0.05) is 6.07 Å². The topological polar surface area (TPSA) is 62.1 Å². The molecule has 0 aliphatic carbocycles. The summed E-state index contributed by atoms with van der Waals surface area (Å²) in [5, 5.41) is 15.6. The summed E-state index contributed by atoms with van der Waals surface area (Å²) in [6.45, 7) is 2.43. The number of nitrogens with one attached hydrogen (secondary N) is 1. The number of benzene rings is 1. The number of amides is 1. The van der Waals surface area contributed by atoms with Crippen molar-refractivity contribution in [1.29, 1.82) is 5.26 Å². The van der Waals surface area contributed by atoms with E-state index in [1.807, 2.05) is 23.8 Å². The van der Waals surface area contributed by atoms with Crippen LogP contribution in [0.3, 0.4) is 0 Å². The molecular formula is C15H14N2O2S. The lowest BCUT2D eigenvalue weighted by Gasteiger charge is -2.11. The highest BCUT2D eigenvalue weighted by atomic mass is 32.1. The fraction of sp³-hybridized carbons (Fsp3) is 0.200. The Morgan fingerprint density at radius 3 is 3.00 bits per heavy atom. The Hall–Kier alpha value is -2.32. The van der Waals surface area contributed by atoms with Crippen molar-refractivity contribution in [2.75, 3.05) is 6.61 Å². The van der Waals surface area contributed by atoms with Crippen LogP contribution in [0, 0.1) is 11.3 Å². The van der Waals surface area contributed by atoms with Gasteiger partial charge in [-0.2, -0.15) is 16.6 Å². The van der Waals surface area contributed by atoms with Crippen LogP contribution in [0.15, 0.2) is 41.1 Å². The number of hydrogen-bond acceptors (Lipinski definition) is 4. The molecule has 1 N–H and O–H groups in total. The van der Waals surface area contributed by atoms with Crippen LogP contribution in [0.2, 0.25) is 0 Å². The summed E-state index contributed by atoms with van der Waals surface area (Å²) in [4.78, 5) is 12.2. The van der Waals surface area contributed by atoms with E-state index < -0.39 is 6.04 Å². The zero-order valence-electron chi connectivity index (χ0n) is 11.0. The molecule has 0 aliphatic rings. The molecule has 5 heteroatoms. The van der Waals surface area contributed by atoms with E-state index in [0.717, 1.165) is 5.56 Å². The molecule has 0 fully saturated rings. The van der Waals surface area contributed by atoms with Crippen molar-refractivity contribution >= 4 is 17.2 Å². The molecule has 1 aromatic carbocycles. The molecule has 1 amide bonds. The fourth-order valence-corrected chi connectivity index (χ4v) is 2.42. The van der Waals surface area contributed by atoms with Crippen LogP contribution < -0.4 is 10.1 Å². The molecule has 4 nitrogen and oxygen atoms in total. The second-order valence-corrected chi connectivity index (χ2v) is 4.83. The molecule has 0 saturated heterocycles. The number of carbonyl (C=O) groups is 1. The van der Waals surface area contributed by atoms with Crippen molar-refractivity contribution < 1.29 is 9.53 Å². The molecule has 1 aromatic heterocycles. The number of hydrogen-bond donors (Lipinski definition) is 1. The van der Waals surface area contributed by atoms with Crippen LogP contribution >= 0.6 is 11.3 Å². The summed E-state index contributed by atoms with van der Waals surface area (Å²) in [6, 6.07) is 10.2. The maximum Gasteiger partial charge on any atom is 0.252 e. The second kappa shape index (κ2) is 6.73. The minimum atomic E-state index is -0.635. The van der Waals surface area contributed by atoms with Gasteiger partial charge in [-0.3, -0.25) is 4.79 Å². The third kappa shape index (κ3) is 3.37. The molecule has 0 aliphatic heterocycles. The van der Waals surface area contributed by atoms with Crippen LogP contribution in [-0.2, 0) is 0 Å². The number of carbonyl (C=O) groups excluding carboxylic acids is 1. The van der Waals surface area contributed by atoms with Gasteiger partial charge in [-0.15, -0.1) is 0 Å². The number of nitrogens with zero attached hydrogens (tertiary/aromatic N) is 1. The number of nitriles is 1. The predicted octanol–water partition coefficient (Wildman–Crippen LogP) is 3.14. The highest BCUT2D eigenvalue weighted by Gasteiger charge is 2.15. The van der Waals surface area contributed by atoms with Crippen LogP contribution in [-0.4, -0.2) is 12.5 Å². The Labute approximate surface area is 121 Å². The monoisotopic (exact) mass is 286 g/mol. The smallest absolute Gasteiger partial charge is 0.252 e. The zero-order valence-corrected chi connectivity index (χ0v) is 11.8. The lowest BCUT2D eigenvalue weighted by Crippen LogP contribution is -2.27. The molecule has 0 bridgehead atoms. The van der Waals surface area contributed by atoms with Gasteiger partial charge >= 0.3 is 0 Å². The Morgan fingerprint density at radius 1 is 1.50 bits per heavy atom. The molecule has 1 atom stereocenters. The van der Waals surface area contributed by atoms with E-state index in [0.29, 0.717) is 17.9 Å². The highest BCUT2D eigenvalue weighted by molar-refractivity contribution is 7.08. The van der Waals surface area contributed by atoms with E-state index in [-0.39, 0.29) is 5.91 Å². The van der Waals surface area contributed by atoms with Crippen molar-refractivity contribution in [1.82, 2.24) is 5.32 Å². The minimum Gasteiger partial charge on any atom is -0.494 e. The zero-order chi connectivity index (χ0) is 14.4. The number of thiophene rings is 1. The molecule has 0 unspecified atom stereocenters. The van der Waals surface area contributed by atoms with Crippen molar-refractivity contribution in [2.45, 2.75) is 13.0 Å². The van der Waals surface area contributed by atoms with E-state index in [2.05, 4.69) is 11.4 Å². The summed E-state index contributed by atoms with van der Waals surface area (Å²) in [7, 11) is 0. The summed E-state index contributed by atoms with van der Waals surface area (Å²) in [5.74, 6) is 0.355. The van der Waals surface area contributed by atoms with Gasteiger partial charge in [0.2, 0.25) is 0 Å². The van der Waals surface area contributed by atoms with E-state index in [1.165, 1.54) is 11.3 Å². The van der Waals surface area contributed by atoms with E-state index in [1.54, 1.807) is 24.3 Å². The standard InChI is InChI=1S/C15H14N2O2S/c1-2-19-13-5-3-4-11(8-13)15(18)17-14(9-16)12-6-7-20-10-12/h3-8,10,14H,2H2,1H3,(H,17,18)/t14-/m0/s1. The van der Waals surface area contributed by atoms with Gasteiger partial charge in [0.15, 0.2) is 0 Å². The predicted molar refractivity (Wildman–Crippen MR) is 77.8 cm³/mol. The van der Waals surface area contributed by atoms with Gasteiger partial charge < -0.3 is 10.1 Å². The average molecular weight is 286 g/mol. The van der Waals surface area contributed by atoms with Gasteiger partial charge in [-0.05, 0) is 47.5 Å². The van der Waals surface area contributed by atoms with Gasteiger partial charge in [0.1, 0.15) is 11.8 Å². The molecular weight excluding hydrogens is 272 g/mol. The molecule has 0 saturated carbocycles. The van der Waals surface area contributed by atoms with Crippen LogP contribution in [0.5, 0.6) is 5.75 Å². The van der Waals surface area contributed by atoms with E-state index in [9.17, 15) is 4.79 Å². The Balaban J connectivity index is 2.11. The van der Waals surface area contributed by atoms with E-state index in [4.69, 9.17) is 10.00 Å². The van der Waals surface area contributed by atoms with Crippen molar-refractivity contribution in [2.24, 2.45) is 0 Å². The normalized spacial score (nSPS) is 11.4. The van der Waals surface area contributed by atoms with Gasteiger partial charge in [0.05, 0.1) is 12.7 Å². The van der Waals surface area contributed by atoms with Crippen molar-refractivity contribution in [3.63, 3.8) is 0 Å². The van der Waals surface area contributed by atoms with Crippen molar-refractivity contribution in [3.05, 3.63) is 52.2 Å². The SMILES string of the molecule is CCOc1cccc(C(=O)N[C@@H](C#N)c2ccsc2)c1. The first kappa shape index (κ1) is 14.1. The Kier molecular flexibility index (Phi) is 4.75. The molecule has 2 aromatic rings. The summed E-state index contributed by atoms with van der Waals surface area (Å²) in [6.07, 6.45) is 0. The van der Waals surface area contributed by atoms with Crippen molar-refractivity contribution in [3.8, 4) is 11.8 Å². The molecule has 1 heterocycles. The molecule has 0 radical (unpaired) electrons. The van der Waals surface area contributed by atoms with Gasteiger partial charge in [-0.25, -0.2) is 0 Å². The summed E-state index contributed by atoms with van der Waals surface area (Å²) in [5.41, 5.74) is 1.28.